The molecule has 0 radical (unpaired) electrons. The summed E-state index contributed by atoms with van der Waals surface area (Å²) in [4.78, 5) is 11.9. The smallest absolute Gasteiger partial charge is 0.258 e. The maximum Gasteiger partial charge on any atom is 0.258 e. The lowest BCUT2D eigenvalue weighted by Gasteiger charge is -2.13. The average molecular weight is 315 g/mol. The summed E-state index contributed by atoms with van der Waals surface area (Å²) in [5.74, 6) is 0.802. The lowest BCUT2D eigenvalue weighted by atomic mass is 10.2. The van der Waals surface area contributed by atoms with Crippen molar-refractivity contribution in [2.24, 2.45) is 0 Å². The van der Waals surface area contributed by atoms with Gasteiger partial charge in [-0.3, -0.25) is 4.79 Å². The van der Waals surface area contributed by atoms with Crippen molar-refractivity contribution in [3.63, 3.8) is 0 Å². The van der Waals surface area contributed by atoms with Gasteiger partial charge in [-0.1, -0.05) is 36.4 Å². The molecule has 2 rings (SSSR count). The predicted molar refractivity (Wildman–Crippen MR) is 87.3 cm³/mol. The molecule has 0 saturated heterocycles. The number of benzene rings is 2. The van der Waals surface area contributed by atoms with E-state index in [2.05, 4.69) is 5.32 Å². The van der Waals surface area contributed by atoms with Gasteiger partial charge in [0.15, 0.2) is 18.1 Å². The Morgan fingerprint density at radius 2 is 1.83 bits per heavy atom. The number of amides is 1. The third-order valence-corrected chi connectivity index (χ3v) is 3.18. The first kappa shape index (κ1) is 16.8. The molecule has 2 N–H and O–H groups in total. The summed E-state index contributed by atoms with van der Waals surface area (Å²) in [6.07, 6.45) is 0. The van der Waals surface area contributed by atoms with E-state index in [1.165, 1.54) is 0 Å². The lowest BCUT2D eigenvalue weighted by molar-refractivity contribution is -0.123. The molecule has 0 bridgehead atoms. The maximum absolute atomic E-state index is 11.9. The number of carbonyl (C=O) groups is 1. The molecule has 0 aliphatic heterocycles. The van der Waals surface area contributed by atoms with Crippen molar-refractivity contribution in [3.05, 3.63) is 59.7 Å². The first-order chi connectivity index (χ1) is 11.2. The SMILES string of the molecule is CCOc1cc(CO)ccc1OCC(=O)NCc1ccccc1. The number of hydrogen-bond acceptors (Lipinski definition) is 4. The Bertz CT molecular complexity index is 628. The minimum atomic E-state index is -0.206. The molecule has 0 unspecified atom stereocenters. The summed E-state index contributed by atoms with van der Waals surface area (Å²) in [7, 11) is 0. The fourth-order valence-corrected chi connectivity index (χ4v) is 2.03. The van der Waals surface area contributed by atoms with E-state index in [0.29, 0.717) is 24.7 Å². The van der Waals surface area contributed by atoms with Gasteiger partial charge in [0.1, 0.15) is 0 Å². The molecule has 0 atom stereocenters. The Hall–Kier alpha value is -2.53. The zero-order valence-electron chi connectivity index (χ0n) is 13.1. The molecule has 122 valence electrons. The molecular weight excluding hydrogens is 294 g/mol. The van der Waals surface area contributed by atoms with Crippen LogP contribution < -0.4 is 14.8 Å². The van der Waals surface area contributed by atoms with Crippen molar-refractivity contribution < 1.29 is 19.4 Å². The van der Waals surface area contributed by atoms with Gasteiger partial charge >= 0.3 is 0 Å². The van der Waals surface area contributed by atoms with Crippen molar-refractivity contribution in [2.75, 3.05) is 13.2 Å². The molecule has 0 aliphatic carbocycles. The molecular formula is C18H21NO4. The van der Waals surface area contributed by atoms with Crippen molar-refractivity contribution >= 4 is 5.91 Å². The van der Waals surface area contributed by atoms with Crippen LogP contribution in [0.2, 0.25) is 0 Å². The van der Waals surface area contributed by atoms with Crippen LogP contribution in [0.15, 0.2) is 48.5 Å². The third-order valence-electron chi connectivity index (χ3n) is 3.18. The Morgan fingerprint density at radius 3 is 2.52 bits per heavy atom. The average Bonchev–Trinajstić information content (AvgIpc) is 2.60. The van der Waals surface area contributed by atoms with Gasteiger partial charge in [0.05, 0.1) is 13.2 Å². The number of aliphatic hydroxyl groups excluding tert-OH is 1. The van der Waals surface area contributed by atoms with Gasteiger partial charge in [-0.25, -0.2) is 0 Å². The van der Waals surface area contributed by atoms with Crippen LogP contribution in [0.1, 0.15) is 18.1 Å². The zero-order valence-corrected chi connectivity index (χ0v) is 13.1. The monoisotopic (exact) mass is 315 g/mol. The number of carbonyl (C=O) groups excluding carboxylic acids is 1. The second kappa shape index (κ2) is 8.80. The summed E-state index contributed by atoms with van der Waals surface area (Å²) < 4.78 is 11.0. The predicted octanol–water partition coefficient (Wildman–Crippen LogP) is 2.27. The van der Waals surface area contributed by atoms with Crippen LogP contribution in [0.3, 0.4) is 0 Å². The highest BCUT2D eigenvalue weighted by molar-refractivity contribution is 5.77. The normalized spacial score (nSPS) is 10.2. The minimum absolute atomic E-state index is 0.0715. The van der Waals surface area contributed by atoms with Crippen molar-refractivity contribution in [2.45, 2.75) is 20.1 Å². The third kappa shape index (κ3) is 5.30. The molecule has 2 aromatic rings. The molecule has 0 spiro atoms. The minimum Gasteiger partial charge on any atom is -0.490 e. The summed E-state index contributed by atoms with van der Waals surface area (Å²) in [5, 5.41) is 12.0. The van der Waals surface area contributed by atoms with Crippen LogP contribution in [-0.4, -0.2) is 24.2 Å². The quantitative estimate of drug-likeness (QED) is 0.784. The first-order valence-corrected chi connectivity index (χ1v) is 7.53. The molecule has 0 aliphatic rings. The molecule has 5 heteroatoms. The number of hydrogen-bond donors (Lipinski definition) is 2. The van der Waals surface area contributed by atoms with Crippen LogP contribution in [0.5, 0.6) is 11.5 Å². The van der Waals surface area contributed by atoms with Gasteiger partial charge in [-0.05, 0) is 30.2 Å². The van der Waals surface area contributed by atoms with Crippen molar-refractivity contribution in [1.82, 2.24) is 5.32 Å². The van der Waals surface area contributed by atoms with Gasteiger partial charge in [0.25, 0.3) is 5.91 Å². The number of aliphatic hydroxyl groups is 1. The van der Waals surface area contributed by atoms with Crippen LogP contribution in [-0.2, 0) is 17.9 Å². The van der Waals surface area contributed by atoms with Crippen molar-refractivity contribution in [1.29, 1.82) is 0 Å². The zero-order chi connectivity index (χ0) is 16.5. The fraction of sp³-hybridized carbons (Fsp3) is 0.278. The van der Waals surface area contributed by atoms with Crippen LogP contribution >= 0.6 is 0 Å². The van der Waals surface area contributed by atoms with E-state index in [1.54, 1.807) is 18.2 Å². The fourth-order valence-electron chi connectivity index (χ4n) is 2.03. The molecule has 23 heavy (non-hydrogen) atoms. The van der Waals surface area contributed by atoms with E-state index >= 15 is 0 Å². The Kier molecular flexibility index (Phi) is 6.44. The number of nitrogens with one attached hydrogen (secondary N) is 1. The topological polar surface area (TPSA) is 67.8 Å². The summed E-state index contributed by atoms with van der Waals surface area (Å²) in [5.41, 5.74) is 1.76. The lowest BCUT2D eigenvalue weighted by Crippen LogP contribution is -2.28. The van der Waals surface area contributed by atoms with E-state index in [-0.39, 0.29) is 19.1 Å². The number of ether oxygens (including phenoxy) is 2. The Labute approximate surface area is 135 Å². The molecule has 1 amide bonds. The molecule has 0 heterocycles. The van der Waals surface area contributed by atoms with Gasteiger partial charge in [-0.2, -0.15) is 0 Å². The standard InChI is InChI=1S/C18H21NO4/c1-2-22-17-10-15(12-20)8-9-16(17)23-13-18(21)19-11-14-6-4-3-5-7-14/h3-10,20H,2,11-13H2,1H3,(H,19,21). The molecule has 0 saturated carbocycles. The van der Waals surface area contributed by atoms with E-state index in [0.717, 1.165) is 11.1 Å². The summed E-state index contributed by atoms with van der Waals surface area (Å²) in [6, 6.07) is 14.8. The molecule has 2 aromatic carbocycles. The largest absolute Gasteiger partial charge is 0.490 e. The molecule has 5 nitrogen and oxygen atoms in total. The maximum atomic E-state index is 11.9. The second-order valence-electron chi connectivity index (χ2n) is 4.92. The Balaban J connectivity index is 1.88. The van der Waals surface area contributed by atoms with Gasteiger partial charge in [0.2, 0.25) is 0 Å². The van der Waals surface area contributed by atoms with Gasteiger partial charge in [-0.15, -0.1) is 0 Å². The van der Waals surface area contributed by atoms with Crippen molar-refractivity contribution in [3.8, 4) is 11.5 Å². The summed E-state index contributed by atoms with van der Waals surface area (Å²) >= 11 is 0. The van der Waals surface area contributed by atoms with E-state index in [4.69, 9.17) is 14.6 Å². The Morgan fingerprint density at radius 1 is 1.04 bits per heavy atom. The highest BCUT2D eigenvalue weighted by atomic mass is 16.5. The molecule has 0 aromatic heterocycles. The second-order valence-corrected chi connectivity index (χ2v) is 4.92. The van der Waals surface area contributed by atoms with Crippen LogP contribution in [0.25, 0.3) is 0 Å². The molecule has 0 fully saturated rings. The van der Waals surface area contributed by atoms with E-state index in [9.17, 15) is 4.79 Å². The van der Waals surface area contributed by atoms with Crippen LogP contribution in [0.4, 0.5) is 0 Å². The van der Waals surface area contributed by atoms with E-state index < -0.39 is 0 Å². The highest BCUT2D eigenvalue weighted by Gasteiger charge is 2.09. The summed E-state index contributed by atoms with van der Waals surface area (Å²) in [6.45, 7) is 2.64. The van der Waals surface area contributed by atoms with Gasteiger partial charge < -0.3 is 19.9 Å². The first-order valence-electron chi connectivity index (χ1n) is 7.53. The number of rotatable bonds is 8. The van der Waals surface area contributed by atoms with E-state index in [1.807, 2.05) is 37.3 Å². The van der Waals surface area contributed by atoms with Gasteiger partial charge in [0, 0.05) is 6.54 Å². The highest BCUT2D eigenvalue weighted by Crippen LogP contribution is 2.28. The van der Waals surface area contributed by atoms with Crippen LogP contribution in [0, 0.1) is 0 Å².